The summed E-state index contributed by atoms with van der Waals surface area (Å²) < 4.78 is 31.0. The number of anilines is 3. The second-order valence-corrected chi connectivity index (χ2v) is 10.1. The summed E-state index contributed by atoms with van der Waals surface area (Å²) in [6, 6.07) is 12.5. The molecule has 1 fully saturated rings. The molecule has 1 saturated heterocycles. The van der Waals surface area contributed by atoms with Crippen LogP contribution in [-0.4, -0.2) is 51.8 Å². The normalized spacial score (nSPS) is 20.7. The molecule has 0 radical (unpaired) electrons. The molecule has 2 aromatic carbocycles. The van der Waals surface area contributed by atoms with Crippen molar-refractivity contribution >= 4 is 38.9 Å². The molecule has 2 aromatic rings. The minimum Gasteiger partial charge on any atom is -0.368 e. The van der Waals surface area contributed by atoms with Crippen molar-refractivity contribution in [2.75, 3.05) is 33.9 Å². The molecular formula is C23H27N3O5S. The van der Waals surface area contributed by atoms with Crippen molar-refractivity contribution < 1.29 is 22.7 Å². The Labute approximate surface area is 188 Å². The maximum absolute atomic E-state index is 13.2. The van der Waals surface area contributed by atoms with Crippen molar-refractivity contribution in [2.45, 2.75) is 38.8 Å². The van der Waals surface area contributed by atoms with E-state index in [4.69, 9.17) is 4.74 Å². The first-order valence-corrected chi connectivity index (χ1v) is 12.5. The van der Waals surface area contributed by atoms with Crippen LogP contribution in [0.1, 0.15) is 26.7 Å². The standard InChI is InChI=1S/C23H27N3O5S/c1-15-14-25(23(28)22-5-4-12-31-22)21-13-18(8-11-20(21)26(15)16(2)27)17-6-9-19(10-7-17)24-32(3,29)30/h6-11,13,15,22,24H,4-5,12,14H2,1-3H3. The molecule has 170 valence electrons. The minimum atomic E-state index is -3.35. The summed E-state index contributed by atoms with van der Waals surface area (Å²) in [5.74, 6) is -0.157. The number of amides is 2. The summed E-state index contributed by atoms with van der Waals surface area (Å²) in [6.45, 7) is 4.44. The number of nitrogens with one attached hydrogen (secondary N) is 1. The average molecular weight is 458 g/mol. The smallest absolute Gasteiger partial charge is 0.256 e. The van der Waals surface area contributed by atoms with Crippen molar-refractivity contribution in [2.24, 2.45) is 0 Å². The van der Waals surface area contributed by atoms with Gasteiger partial charge >= 0.3 is 0 Å². The van der Waals surface area contributed by atoms with E-state index in [1.165, 1.54) is 6.92 Å². The van der Waals surface area contributed by atoms with Gasteiger partial charge < -0.3 is 14.5 Å². The first-order chi connectivity index (χ1) is 15.1. The van der Waals surface area contributed by atoms with Gasteiger partial charge in [-0.25, -0.2) is 8.42 Å². The van der Waals surface area contributed by atoms with E-state index in [0.29, 0.717) is 36.6 Å². The second-order valence-electron chi connectivity index (χ2n) is 8.34. The molecule has 8 nitrogen and oxygen atoms in total. The molecule has 0 saturated carbocycles. The van der Waals surface area contributed by atoms with Crippen LogP contribution in [0.25, 0.3) is 11.1 Å². The summed E-state index contributed by atoms with van der Waals surface area (Å²) in [5, 5.41) is 0. The number of ether oxygens (including phenoxy) is 1. The Kier molecular flexibility index (Phi) is 5.96. The molecule has 2 atom stereocenters. The second kappa shape index (κ2) is 8.55. The van der Waals surface area contributed by atoms with Crippen LogP contribution >= 0.6 is 0 Å². The lowest BCUT2D eigenvalue weighted by Gasteiger charge is -2.41. The molecule has 32 heavy (non-hydrogen) atoms. The van der Waals surface area contributed by atoms with E-state index in [9.17, 15) is 18.0 Å². The summed E-state index contributed by atoms with van der Waals surface area (Å²) in [7, 11) is -3.35. The summed E-state index contributed by atoms with van der Waals surface area (Å²) in [5.41, 5.74) is 3.57. The van der Waals surface area contributed by atoms with Crippen LogP contribution in [0.4, 0.5) is 17.1 Å². The maximum atomic E-state index is 13.2. The van der Waals surface area contributed by atoms with Crippen LogP contribution in [0.15, 0.2) is 42.5 Å². The number of hydrogen-bond donors (Lipinski definition) is 1. The molecule has 2 unspecified atom stereocenters. The predicted molar refractivity (Wildman–Crippen MR) is 124 cm³/mol. The highest BCUT2D eigenvalue weighted by atomic mass is 32.2. The molecule has 9 heteroatoms. The van der Waals surface area contributed by atoms with Crippen LogP contribution in [0.3, 0.4) is 0 Å². The lowest BCUT2D eigenvalue weighted by Crippen LogP contribution is -2.53. The quantitative estimate of drug-likeness (QED) is 0.762. The van der Waals surface area contributed by atoms with Crippen LogP contribution in [0, 0.1) is 0 Å². The van der Waals surface area contributed by atoms with Crippen LogP contribution in [-0.2, 0) is 24.3 Å². The van der Waals surface area contributed by atoms with Crippen molar-refractivity contribution in [3.63, 3.8) is 0 Å². The van der Waals surface area contributed by atoms with E-state index in [0.717, 1.165) is 23.8 Å². The summed E-state index contributed by atoms with van der Waals surface area (Å²) in [4.78, 5) is 29.1. The fourth-order valence-corrected chi connectivity index (χ4v) is 4.95. The molecule has 0 aromatic heterocycles. The molecular weight excluding hydrogens is 430 g/mol. The van der Waals surface area contributed by atoms with Crippen molar-refractivity contribution in [3.8, 4) is 11.1 Å². The van der Waals surface area contributed by atoms with Crippen molar-refractivity contribution in [1.82, 2.24) is 0 Å². The number of nitrogens with zero attached hydrogens (tertiary/aromatic N) is 2. The van der Waals surface area contributed by atoms with E-state index < -0.39 is 16.1 Å². The zero-order valence-corrected chi connectivity index (χ0v) is 19.2. The fraction of sp³-hybridized carbons (Fsp3) is 0.391. The minimum absolute atomic E-state index is 0.0769. The van der Waals surface area contributed by atoms with Gasteiger partial charge in [0.1, 0.15) is 6.10 Å². The first-order valence-electron chi connectivity index (χ1n) is 10.6. The van der Waals surface area contributed by atoms with Gasteiger partial charge in [-0.2, -0.15) is 0 Å². The van der Waals surface area contributed by atoms with Crippen molar-refractivity contribution in [3.05, 3.63) is 42.5 Å². The maximum Gasteiger partial charge on any atom is 0.256 e. The molecule has 2 heterocycles. The number of hydrogen-bond acceptors (Lipinski definition) is 5. The van der Waals surface area contributed by atoms with Gasteiger partial charge in [-0.05, 0) is 55.2 Å². The monoisotopic (exact) mass is 457 g/mol. The molecule has 1 N–H and O–H groups in total. The Hall–Kier alpha value is -2.91. The predicted octanol–water partition coefficient (Wildman–Crippen LogP) is 2.99. The molecule has 0 spiro atoms. The molecule has 0 aliphatic carbocycles. The Balaban J connectivity index is 1.72. The number of sulfonamides is 1. The van der Waals surface area contributed by atoms with Gasteiger partial charge in [0.05, 0.1) is 23.7 Å². The summed E-state index contributed by atoms with van der Waals surface area (Å²) >= 11 is 0. The van der Waals surface area contributed by atoms with Crippen LogP contribution in [0.2, 0.25) is 0 Å². The zero-order chi connectivity index (χ0) is 23.0. The fourth-order valence-electron chi connectivity index (χ4n) is 4.38. The molecule has 0 bridgehead atoms. The number of benzene rings is 2. The van der Waals surface area contributed by atoms with Gasteiger partial charge in [0.15, 0.2) is 0 Å². The molecule has 2 aliphatic rings. The third kappa shape index (κ3) is 4.49. The van der Waals surface area contributed by atoms with Gasteiger partial charge in [-0.15, -0.1) is 0 Å². The SMILES string of the molecule is CC(=O)N1c2ccc(-c3ccc(NS(C)(=O)=O)cc3)cc2N(C(=O)C2CCCO2)CC1C. The lowest BCUT2D eigenvalue weighted by atomic mass is 9.99. The Morgan fingerprint density at radius 1 is 1.06 bits per heavy atom. The topological polar surface area (TPSA) is 96.0 Å². The highest BCUT2D eigenvalue weighted by molar-refractivity contribution is 7.92. The van der Waals surface area contributed by atoms with Crippen molar-refractivity contribution in [1.29, 1.82) is 0 Å². The van der Waals surface area contributed by atoms with Gasteiger partial charge in [-0.1, -0.05) is 18.2 Å². The van der Waals surface area contributed by atoms with E-state index >= 15 is 0 Å². The van der Waals surface area contributed by atoms with Gasteiger partial charge in [0.2, 0.25) is 15.9 Å². The van der Waals surface area contributed by atoms with E-state index in [-0.39, 0.29) is 17.9 Å². The summed E-state index contributed by atoms with van der Waals surface area (Å²) in [6.07, 6.45) is 2.21. The molecule has 2 amide bonds. The van der Waals surface area contributed by atoms with E-state index in [1.54, 1.807) is 21.9 Å². The highest BCUT2D eigenvalue weighted by Crippen LogP contribution is 2.40. The number of carbonyl (C=O) groups is 2. The van der Waals surface area contributed by atoms with E-state index in [2.05, 4.69) is 4.72 Å². The van der Waals surface area contributed by atoms with Gasteiger partial charge in [0.25, 0.3) is 5.91 Å². The third-order valence-corrected chi connectivity index (χ3v) is 6.35. The van der Waals surface area contributed by atoms with Crippen LogP contribution in [0.5, 0.6) is 0 Å². The Morgan fingerprint density at radius 2 is 1.75 bits per heavy atom. The number of carbonyl (C=O) groups excluding carboxylic acids is 2. The largest absolute Gasteiger partial charge is 0.368 e. The van der Waals surface area contributed by atoms with Crippen LogP contribution < -0.4 is 14.5 Å². The Bertz CT molecular complexity index is 1140. The zero-order valence-electron chi connectivity index (χ0n) is 18.4. The average Bonchev–Trinajstić information content (AvgIpc) is 3.26. The molecule has 2 aliphatic heterocycles. The van der Waals surface area contributed by atoms with Gasteiger partial charge in [0, 0.05) is 25.8 Å². The lowest BCUT2D eigenvalue weighted by molar-refractivity contribution is -0.127. The molecule has 4 rings (SSSR count). The third-order valence-electron chi connectivity index (χ3n) is 5.75. The number of rotatable bonds is 4. The number of fused-ring (bicyclic) bond motifs is 1. The first kappa shape index (κ1) is 22.3. The van der Waals surface area contributed by atoms with Gasteiger partial charge in [-0.3, -0.25) is 14.3 Å². The highest BCUT2D eigenvalue weighted by Gasteiger charge is 2.37. The Morgan fingerprint density at radius 3 is 2.34 bits per heavy atom. The van der Waals surface area contributed by atoms with E-state index in [1.807, 2.05) is 37.3 Å².